The van der Waals surface area contributed by atoms with Crippen LogP contribution in [0, 0.1) is 10.7 Å². The third-order valence-electron chi connectivity index (χ3n) is 3.77. The fraction of sp³-hybridized carbons (Fsp3) is 0.400. The minimum Gasteiger partial charge on any atom is -0.451 e. The van der Waals surface area contributed by atoms with Crippen LogP contribution in [-0.2, 0) is 10.3 Å². The fourth-order valence-corrected chi connectivity index (χ4v) is 3.16. The molecule has 2 aromatic heterocycles. The molecule has 1 aliphatic rings. The van der Waals surface area contributed by atoms with E-state index in [1.54, 1.807) is 13.0 Å². The lowest BCUT2D eigenvalue weighted by Crippen LogP contribution is -2.44. The van der Waals surface area contributed by atoms with E-state index in [1.165, 1.54) is 6.08 Å². The average Bonchev–Trinajstić information content (AvgIpc) is 3.19. The smallest absolute Gasteiger partial charge is 0.244 e. The zero-order chi connectivity index (χ0) is 15.6. The highest BCUT2D eigenvalue weighted by Crippen LogP contribution is 2.37. The van der Waals surface area contributed by atoms with E-state index in [0.29, 0.717) is 17.5 Å². The van der Waals surface area contributed by atoms with E-state index < -0.39 is 5.54 Å². The summed E-state index contributed by atoms with van der Waals surface area (Å²) in [5, 5.41) is 7.04. The zero-order valence-corrected chi connectivity index (χ0v) is 14.3. The molecule has 1 aliphatic carbocycles. The maximum Gasteiger partial charge on any atom is 0.244 e. The molecule has 1 amide bonds. The zero-order valence-electron chi connectivity index (χ0n) is 12.1. The number of nitrogens with one attached hydrogen (secondary N) is 1. The predicted octanol–water partition coefficient (Wildman–Crippen LogP) is 3.17. The van der Waals surface area contributed by atoms with Crippen LogP contribution >= 0.6 is 22.6 Å². The SMILES string of the molecule is Cc1nc(C2(NC(=O)/C=C/c3ccc(I)o3)CCCC2)no1. The minimum absolute atomic E-state index is 0.184. The maximum absolute atomic E-state index is 12.2. The number of carbonyl (C=O) groups excluding carboxylic acids is 1. The molecule has 22 heavy (non-hydrogen) atoms. The van der Waals surface area contributed by atoms with Crippen LogP contribution in [0.4, 0.5) is 0 Å². The Morgan fingerprint density at radius 2 is 2.18 bits per heavy atom. The first-order valence-electron chi connectivity index (χ1n) is 7.14. The summed E-state index contributed by atoms with van der Waals surface area (Å²) in [4.78, 5) is 16.5. The molecule has 1 N–H and O–H groups in total. The molecule has 0 unspecified atom stereocenters. The highest BCUT2D eigenvalue weighted by atomic mass is 127. The molecule has 0 spiro atoms. The number of aromatic nitrogens is 2. The molecule has 116 valence electrons. The van der Waals surface area contributed by atoms with E-state index in [0.717, 1.165) is 29.5 Å². The van der Waals surface area contributed by atoms with Gasteiger partial charge in [-0.2, -0.15) is 4.98 Å². The van der Waals surface area contributed by atoms with Gasteiger partial charge >= 0.3 is 0 Å². The van der Waals surface area contributed by atoms with Crippen LogP contribution in [0.3, 0.4) is 0 Å². The van der Waals surface area contributed by atoms with Gasteiger partial charge in [-0.15, -0.1) is 0 Å². The minimum atomic E-state index is -0.517. The van der Waals surface area contributed by atoms with Crippen molar-refractivity contribution in [2.24, 2.45) is 0 Å². The van der Waals surface area contributed by atoms with Gasteiger partial charge in [0.25, 0.3) is 0 Å². The van der Waals surface area contributed by atoms with Crippen LogP contribution in [0.15, 0.2) is 27.1 Å². The van der Waals surface area contributed by atoms with E-state index in [-0.39, 0.29) is 5.91 Å². The monoisotopic (exact) mass is 413 g/mol. The van der Waals surface area contributed by atoms with Crippen molar-refractivity contribution in [3.05, 3.63) is 39.5 Å². The van der Waals surface area contributed by atoms with Gasteiger partial charge in [0.15, 0.2) is 9.59 Å². The molecule has 0 bridgehead atoms. The van der Waals surface area contributed by atoms with Crippen LogP contribution < -0.4 is 5.32 Å². The molecule has 6 nitrogen and oxygen atoms in total. The van der Waals surface area contributed by atoms with Crippen LogP contribution in [0.5, 0.6) is 0 Å². The molecule has 7 heteroatoms. The van der Waals surface area contributed by atoms with Crippen LogP contribution in [-0.4, -0.2) is 16.0 Å². The summed E-state index contributed by atoms with van der Waals surface area (Å²) in [6.07, 6.45) is 6.85. The Morgan fingerprint density at radius 3 is 2.77 bits per heavy atom. The molecule has 0 aliphatic heterocycles. The van der Waals surface area contributed by atoms with Crippen molar-refractivity contribution >= 4 is 34.6 Å². The fourth-order valence-electron chi connectivity index (χ4n) is 2.73. The standard InChI is InChI=1S/C15H16IN3O3/c1-10-17-14(19-22-10)15(8-2-3-9-15)18-13(20)7-5-11-4-6-12(16)21-11/h4-7H,2-3,8-9H2,1H3,(H,18,20)/b7-5+. The second kappa shape index (κ2) is 6.23. The molecular weight excluding hydrogens is 397 g/mol. The number of nitrogens with zero attached hydrogens (tertiary/aromatic N) is 2. The second-order valence-electron chi connectivity index (χ2n) is 5.39. The molecule has 2 aromatic rings. The van der Waals surface area contributed by atoms with Crippen molar-refractivity contribution < 1.29 is 13.7 Å². The number of carbonyl (C=O) groups is 1. The maximum atomic E-state index is 12.2. The number of amides is 1. The lowest BCUT2D eigenvalue weighted by Gasteiger charge is -2.25. The molecule has 0 radical (unpaired) electrons. The van der Waals surface area contributed by atoms with Crippen molar-refractivity contribution in [3.8, 4) is 0 Å². The van der Waals surface area contributed by atoms with Gasteiger partial charge in [0.1, 0.15) is 11.3 Å². The number of rotatable bonds is 4. The van der Waals surface area contributed by atoms with Crippen LogP contribution in [0.1, 0.15) is 43.2 Å². The van der Waals surface area contributed by atoms with Crippen LogP contribution in [0.25, 0.3) is 6.08 Å². The van der Waals surface area contributed by atoms with E-state index in [2.05, 4.69) is 38.0 Å². The largest absolute Gasteiger partial charge is 0.451 e. The van der Waals surface area contributed by atoms with Gasteiger partial charge in [0.2, 0.25) is 11.8 Å². The molecule has 0 saturated heterocycles. The first kappa shape index (κ1) is 15.3. The predicted molar refractivity (Wildman–Crippen MR) is 87.8 cm³/mol. The van der Waals surface area contributed by atoms with Gasteiger partial charge in [-0.1, -0.05) is 18.0 Å². The molecule has 3 rings (SSSR count). The molecule has 1 fully saturated rings. The summed E-state index contributed by atoms with van der Waals surface area (Å²) in [7, 11) is 0. The van der Waals surface area contributed by atoms with Gasteiger partial charge in [-0.25, -0.2) is 0 Å². The Hall–Kier alpha value is -1.64. The van der Waals surface area contributed by atoms with E-state index in [9.17, 15) is 4.79 Å². The lowest BCUT2D eigenvalue weighted by molar-refractivity contribution is -0.118. The quantitative estimate of drug-likeness (QED) is 0.615. The Balaban J connectivity index is 1.74. The first-order valence-corrected chi connectivity index (χ1v) is 8.22. The summed E-state index contributed by atoms with van der Waals surface area (Å²) >= 11 is 2.08. The summed E-state index contributed by atoms with van der Waals surface area (Å²) in [6.45, 7) is 1.75. The van der Waals surface area contributed by atoms with Crippen molar-refractivity contribution in [2.75, 3.05) is 0 Å². The molecule has 0 atom stereocenters. The first-order chi connectivity index (χ1) is 10.6. The van der Waals surface area contributed by atoms with Gasteiger partial charge in [-0.3, -0.25) is 4.79 Å². The number of hydrogen-bond donors (Lipinski definition) is 1. The number of hydrogen-bond acceptors (Lipinski definition) is 5. The molecule has 0 aromatic carbocycles. The average molecular weight is 413 g/mol. The number of halogens is 1. The topological polar surface area (TPSA) is 81.2 Å². The highest BCUT2D eigenvalue weighted by Gasteiger charge is 2.40. The molecular formula is C15H16IN3O3. The third kappa shape index (κ3) is 3.23. The Kier molecular flexibility index (Phi) is 4.32. The van der Waals surface area contributed by atoms with Crippen molar-refractivity contribution in [3.63, 3.8) is 0 Å². The number of furan rings is 1. The van der Waals surface area contributed by atoms with Crippen molar-refractivity contribution in [1.29, 1.82) is 0 Å². The van der Waals surface area contributed by atoms with E-state index in [4.69, 9.17) is 8.94 Å². The summed E-state index contributed by atoms with van der Waals surface area (Å²) in [5.41, 5.74) is -0.517. The van der Waals surface area contributed by atoms with Gasteiger partial charge in [0.05, 0.1) is 0 Å². The third-order valence-corrected chi connectivity index (χ3v) is 4.35. The van der Waals surface area contributed by atoms with Crippen molar-refractivity contribution in [2.45, 2.75) is 38.1 Å². The summed E-state index contributed by atoms with van der Waals surface area (Å²) < 4.78 is 11.3. The van der Waals surface area contributed by atoms with Crippen molar-refractivity contribution in [1.82, 2.24) is 15.5 Å². The lowest BCUT2D eigenvalue weighted by atomic mass is 9.96. The summed E-state index contributed by atoms with van der Waals surface area (Å²) in [6, 6.07) is 3.66. The summed E-state index contributed by atoms with van der Waals surface area (Å²) in [5.74, 6) is 1.54. The van der Waals surface area contributed by atoms with Crippen LogP contribution in [0.2, 0.25) is 0 Å². The Labute approximate surface area is 141 Å². The van der Waals surface area contributed by atoms with E-state index >= 15 is 0 Å². The van der Waals surface area contributed by atoms with E-state index in [1.807, 2.05) is 12.1 Å². The highest BCUT2D eigenvalue weighted by molar-refractivity contribution is 14.1. The Morgan fingerprint density at radius 1 is 1.41 bits per heavy atom. The molecule has 2 heterocycles. The Bertz CT molecular complexity index is 698. The number of aryl methyl sites for hydroxylation is 1. The van der Waals surface area contributed by atoms with Gasteiger partial charge < -0.3 is 14.3 Å². The second-order valence-corrected chi connectivity index (χ2v) is 6.45. The molecule has 1 saturated carbocycles. The normalized spacial score (nSPS) is 17.2. The van der Waals surface area contributed by atoms with Gasteiger partial charge in [0, 0.05) is 13.0 Å². The van der Waals surface area contributed by atoms with Gasteiger partial charge in [-0.05, 0) is 53.6 Å².